The second kappa shape index (κ2) is 4.31. The van der Waals surface area contributed by atoms with Crippen LogP contribution in [0.1, 0.15) is 24.8 Å². The monoisotopic (exact) mass is 230 g/mol. The third-order valence-electron chi connectivity index (χ3n) is 2.65. The SMILES string of the molecule is FC(F)(F)c1ccc(NCCC2CC2)nc1. The molecular formula is C11H13F3N2. The summed E-state index contributed by atoms with van der Waals surface area (Å²) in [4.78, 5) is 3.73. The molecule has 16 heavy (non-hydrogen) atoms. The van der Waals surface area contributed by atoms with Crippen molar-refractivity contribution in [3.05, 3.63) is 23.9 Å². The normalized spacial score (nSPS) is 16.2. The Bertz CT molecular complexity index is 341. The molecule has 1 aliphatic rings. The molecule has 1 aromatic rings. The van der Waals surface area contributed by atoms with Crippen LogP contribution in [0.2, 0.25) is 0 Å². The van der Waals surface area contributed by atoms with Crippen molar-refractivity contribution >= 4 is 5.82 Å². The molecule has 0 unspecified atom stereocenters. The fourth-order valence-corrected chi connectivity index (χ4v) is 1.48. The lowest BCUT2D eigenvalue weighted by molar-refractivity contribution is -0.137. The molecule has 0 amide bonds. The predicted molar refractivity (Wildman–Crippen MR) is 55.1 cm³/mol. The summed E-state index contributed by atoms with van der Waals surface area (Å²) < 4.78 is 36.7. The zero-order valence-corrected chi connectivity index (χ0v) is 8.72. The van der Waals surface area contributed by atoms with E-state index in [1.807, 2.05) is 0 Å². The summed E-state index contributed by atoms with van der Waals surface area (Å²) in [5.41, 5.74) is -0.708. The van der Waals surface area contributed by atoms with E-state index < -0.39 is 11.7 Å². The lowest BCUT2D eigenvalue weighted by Gasteiger charge is -2.08. The second-order valence-corrected chi connectivity index (χ2v) is 4.09. The van der Waals surface area contributed by atoms with Gasteiger partial charge in [-0.15, -0.1) is 0 Å². The van der Waals surface area contributed by atoms with Crippen molar-refractivity contribution in [3.63, 3.8) is 0 Å². The first-order valence-corrected chi connectivity index (χ1v) is 5.33. The zero-order chi connectivity index (χ0) is 11.6. The summed E-state index contributed by atoms with van der Waals surface area (Å²) in [5, 5.41) is 3.02. The lowest BCUT2D eigenvalue weighted by Crippen LogP contribution is -2.08. The summed E-state index contributed by atoms with van der Waals surface area (Å²) in [7, 11) is 0. The molecule has 0 saturated heterocycles. The molecule has 5 heteroatoms. The minimum Gasteiger partial charge on any atom is -0.370 e. The largest absolute Gasteiger partial charge is 0.417 e. The van der Waals surface area contributed by atoms with Crippen LogP contribution in [-0.4, -0.2) is 11.5 Å². The Morgan fingerprint density at radius 1 is 1.31 bits per heavy atom. The zero-order valence-electron chi connectivity index (χ0n) is 8.72. The Kier molecular flexibility index (Phi) is 3.03. The molecule has 0 atom stereocenters. The van der Waals surface area contributed by atoms with Crippen LogP contribution in [0, 0.1) is 5.92 Å². The number of hydrogen-bond acceptors (Lipinski definition) is 2. The van der Waals surface area contributed by atoms with Crippen LogP contribution >= 0.6 is 0 Å². The Balaban J connectivity index is 1.85. The highest BCUT2D eigenvalue weighted by Crippen LogP contribution is 2.32. The van der Waals surface area contributed by atoms with Gasteiger partial charge in [0.2, 0.25) is 0 Å². The van der Waals surface area contributed by atoms with Crippen molar-refractivity contribution in [3.8, 4) is 0 Å². The van der Waals surface area contributed by atoms with E-state index in [9.17, 15) is 13.2 Å². The van der Waals surface area contributed by atoms with Gasteiger partial charge in [-0.1, -0.05) is 12.8 Å². The average molecular weight is 230 g/mol. The number of hydrogen-bond donors (Lipinski definition) is 1. The summed E-state index contributed by atoms with van der Waals surface area (Å²) in [6, 6.07) is 2.42. The van der Waals surface area contributed by atoms with Gasteiger partial charge in [-0.2, -0.15) is 13.2 Å². The molecule has 1 fully saturated rings. The van der Waals surface area contributed by atoms with E-state index in [0.29, 0.717) is 5.82 Å². The number of nitrogens with one attached hydrogen (secondary N) is 1. The molecule has 1 aromatic heterocycles. The Hall–Kier alpha value is -1.26. The standard InChI is InChI=1S/C11H13F3N2/c12-11(13,14)9-3-4-10(16-7-9)15-6-5-8-1-2-8/h3-4,7-8H,1-2,5-6H2,(H,15,16). The molecule has 1 saturated carbocycles. The van der Waals surface area contributed by atoms with E-state index in [1.165, 1.54) is 18.9 Å². The van der Waals surface area contributed by atoms with Crippen molar-refractivity contribution in [1.82, 2.24) is 4.98 Å². The first kappa shape index (κ1) is 11.2. The van der Waals surface area contributed by atoms with Crippen LogP contribution in [0.4, 0.5) is 19.0 Å². The molecule has 1 heterocycles. The van der Waals surface area contributed by atoms with Gasteiger partial charge in [0.1, 0.15) is 5.82 Å². The molecule has 0 radical (unpaired) electrons. The maximum Gasteiger partial charge on any atom is 0.417 e. The van der Waals surface area contributed by atoms with Crippen molar-refractivity contribution in [1.29, 1.82) is 0 Å². The number of alkyl halides is 3. The van der Waals surface area contributed by atoms with Gasteiger partial charge in [0.05, 0.1) is 5.56 Å². The highest BCUT2D eigenvalue weighted by molar-refractivity contribution is 5.36. The maximum atomic E-state index is 12.2. The number of nitrogens with zero attached hydrogens (tertiary/aromatic N) is 1. The van der Waals surface area contributed by atoms with Gasteiger partial charge in [0, 0.05) is 12.7 Å². The fourth-order valence-electron chi connectivity index (χ4n) is 1.48. The molecule has 2 rings (SSSR count). The number of rotatable bonds is 4. The molecule has 2 nitrogen and oxygen atoms in total. The van der Waals surface area contributed by atoms with Gasteiger partial charge in [0.25, 0.3) is 0 Å². The topological polar surface area (TPSA) is 24.9 Å². The van der Waals surface area contributed by atoms with E-state index >= 15 is 0 Å². The molecule has 1 aliphatic carbocycles. The quantitative estimate of drug-likeness (QED) is 0.858. The van der Waals surface area contributed by atoms with Crippen LogP contribution < -0.4 is 5.32 Å². The molecule has 1 N–H and O–H groups in total. The fraction of sp³-hybridized carbons (Fsp3) is 0.545. The Morgan fingerprint density at radius 3 is 2.56 bits per heavy atom. The number of anilines is 1. The van der Waals surface area contributed by atoms with Gasteiger partial charge >= 0.3 is 6.18 Å². The van der Waals surface area contributed by atoms with Gasteiger partial charge in [-0.05, 0) is 24.5 Å². The Morgan fingerprint density at radius 2 is 2.06 bits per heavy atom. The van der Waals surface area contributed by atoms with Crippen molar-refractivity contribution in [2.75, 3.05) is 11.9 Å². The van der Waals surface area contributed by atoms with Crippen molar-refractivity contribution < 1.29 is 13.2 Å². The van der Waals surface area contributed by atoms with Gasteiger partial charge in [-0.25, -0.2) is 4.98 Å². The number of pyridine rings is 1. The highest BCUT2D eigenvalue weighted by Gasteiger charge is 2.30. The van der Waals surface area contributed by atoms with Gasteiger partial charge in [-0.3, -0.25) is 0 Å². The van der Waals surface area contributed by atoms with Crippen LogP contribution in [-0.2, 0) is 6.18 Å². The molecule has 0 spiro atoms. The van der Waals surface area contributed by atoms with E-state index in [0.717, 1.165) is 31.1 Å². The van der Waals surface area contributed by atoms with Crippen molar-refractivity contribution in [2.24, 2.45) is 5.92 Å². The summed E-state index contributed by atoms with van der Waals surface area (Å²) in [6.07, 6.45) is 0.186. The van der Waals surface area contributed by atoms with Gasteiger partial charge in [0.15, 0.2) is 0 Å². The van der Waals surface area contributed by atoms with Gasteiger partial charge < -0.3 is 5.32 Å². The molecule has 88 valence electrons. The first-order valence-electron chi connectivity index (χ1n) is 5.33. The van der Waals surface area contributed by atoms with E-state index in [2.05, 4.69) is 10.3 Å². The third kappa shape index (κ3) is 3.12. The minimum absolute atomic E-state index is 0.508. The molecule has 0 aromatic carbocycles. The number of halogens is 3. The van der Waals surface area contributed by atoms with Crippen molar-refractivity contribution in [2.45, 2.75) is 25.4 Å². The summed E-state index contributed by atoms with van der Waals surface area (Å²) in [6.45, 7) is 0.781. The summed E-state index contributed by atoms with van der Waals surface area (Å²) >= 11 is 0. The second-order valence-electron chi connectivity index (χ2n) is 4.09. The minimum atomic E-state index is -4.31. The highest BCUT2D eigenvalue weighted by atomic mass is 19.4. The van der Waals surface area contributed by atoms with Crippen LogP contribution in [0.25, 0.3) is 0 Å². The lowest BCUT2D eigenvalue weighted by atomic mass is 10.2. The predicted octanol–water partition coefficient (Wildman–Crippen LogP) is 3.31. The average Bonchev–Trinajstić information content (AvgIpc) is 3.01. The molecule has 0 bridgehead atoms. The third-order valence-corrected chi connectivity index (χ3v) is 2.65. The van der Waals surface area contributed by atoms with Crippen LogP contribution in [0.15, 0.2) is 18.3 Å². The molecular weight excluding hydrogens is 217 g/mol. The smallest absolute Gasteiger partial charge is 0.370 e. The van der Waals surface area contributed by atoms with Crippen LogP contribution in [0.5, 0.6) is 0 Å². The number of aromatic nitrogens is 1. The van der Waals surface area contributed by atoms with Crippen LogP contribution in [0.3, 0.4) is 0 Å². The van der Waals surface area contributed by atoms with E-state index in [4.69, 9.17) is 0 Å². The van der Waals surface area contributed by atoms with E-state index in [-0.39, 0.29) is 0 Å². The first-order chi connectivity index (χ1) is 7.55. The molecule has 0 aliphatic heterocycles. The van der Waals surface area contributed by atoms with E-state index in [1.54, 1.807) is 0 Å². The summed E-state index contributed by atoms with van der Waals surface area (Å²) in [5.74, 6) is 1.32. The Labute approximate surface area is 91.9 Å². The maximum absolute atomic E-state index is 12.2.